The molecule has 0 saturated carbocycles. The second-order valence-corrected chi connectivity index (χ2v) is 5.98. The highest BCUT2D eigenvalue weighted by Crippen LogP contribution is 2.26. The molecule has 0 radical (unpaired) electrons. The molecule has 1 rings (SSSR count). The van der Waals surface area contributed by atoms with E-state index in [2.05, 4.69) is 0 Å². The van der Waals surface area contributed by atoms with Crippen LogP contribution in [-0.2, 0) is 4.79 Å². The van der Waals surface area contributed by atoms with Crippen molar-refractivity contribution in [1.29, 1.82) is 0 Å². The lowest BCUT2D eigenvalue weighted by Gasteiger charge is -2.13. The van der Waals surface area contributed by atoms with Crippen LogP contribution in [0.25, 0.3) is 0 Å². The van der Waals surface area contributed by atoms with Crippen LogP contribution in [0.2, 0.25) is 0 Å². The van der Waals surface area contributed by atoms with E-state index in [4.69, 9.17) is 4.74 Å². The summed E-state index contributed by atoms with van der Waals surface area (Å²) in [7, 11) is 0. The van der Waals surface area contributed by atoms with Crippen LogP contribution in [0.4, 0.5) is 4.39 Å². The Morgan fingerprint density at radius 1 is 1.16 bits per heavy atom. The van der Waals surface area contributed by atoms with Crippen LogP contribution in [0.5, 0.6) is 5.75 Å². The molecule has 2 nitrogen and oxygen atoms in total. The van der Waals surface area contributed by atoms with Gasteiger partial charge in [0.25, 0.3) is 0 Å². The van der Waals surface area contributed by atoms with Crippen molar-refractivity contribution >= 4 is 5.97 Å². The molecule has 1 aromatic rings. The Morgan fingerprint density at radius 2 is 1.63 bits per heavy atom. The van der Waals surface area contributed by atoms with Crippen molar-refractivity contribution in [2.24, 2.45) is 5.41 Å². The van der Waals surface area contributed by atoms with E-state index in [0.717, 1.165) is 16.7 Å². The van der Waals surface area contributed by atoms with E-state index >= 15 is 0 Å². The maximum Gasteiger partial charge on any atom is 0.372 e. The normalized spacial score (nSPS) is 12.5. The molecule has 3 heteroatoms. The zero-order chi connectivity index (χ0) is 14.8. The van der Waals surface area contributed by atoms with Crippen molar-refractivity contribution in [2.45, 2.75) is 41.5 Å². The van der Waals surface area contributed by atoms with Gasteiger partial charge < -0.3 is 4.74 Å². The molecule has 0 unspecified atom stereocenters. The van der Waals surface area contributed by atoms with Gasteiger partial charge in [0.15, 0.2) is 0 Å². The largest absolute Gasteiger partial charge is 0.421 e. The number of benzene rings is 1. The predicted molar refractivity (Wildman–Crippen MR) is 74.9 cm³/mol. The van der Waals surface area contributed by atoms with Crippen molar-refractivity contribution in [3.63, 3.8) is 0 Å². The molecule has 0 spiro atoms. The second-order valence-electron chi connectivity index (χ2n) is 5.98. The number of carbonyl (C=O) groups excluding carboxylic acids is 1. The topological polar surface area (TPSA) is 26.3 Å². The van der Waals surface area contributed by atoms with E-state index in [9.17, 15) is 9.18 Å². The maximum absolute atomic E-state index is 13.7. The molecule has 0 saturated heterocycles. The van der Waals surface area contributed by atoms with Crippen molar-refractivity contribution in [1.82, 2.24) is 0 Å². The molecule has 0 aromatic heterocycles. The number of hydrogen-bond donors (Lipinski definition) is 0. The highest BCUT2D eigenvalue weighted by Gasteiger charge is 2.18. The monoisotopic (exact) mass is 264 g/mol. The minimum atomic E-state index is -0.940. The molecule has 0 heterocycles. The molecule has 0 atom stereocenters. The maximum atomic E-state index is 13.7. The van der Waals surface area contributed by atoms with Crippen molar-refractivity contribution in [3.05, 3.63) is 40.7 Å². The van der Waals surface area contributed by atoms with Crippen LogP contribution >= 0.6 is 0 Å². The standard InChI is InChI=1S/C16H21FO2/c1-10-7-11(2)14(12(3)8-10)19-15(18)13(17)9-16(4,5)6/h7-9H,1-6H3/b13-9+. The molecule has 0 bridgehead atoms. The average molecular weight is 264 g/mol. The number of carbonyl (C=O) groups is 1. The van der Waals surface area contributed by atoms with Gasteiger partial charge in [-0.3, -0.25) is 0 Å². The summed E-state index contributed by atoms with van der Waals surface area (Å²) in [6.07, 6.45) is 1.27. The Hall–Kier alpha value is -1.64. The number of halogens is 1. The van der Waals surface area contributed by atoms with Gasteiger partial charge in [-0.05, 0) is 43.4 Å². The number of hydrogen-bond acceptors (Lipinski definition) is 2. The van der Waals surface area contributed by atoms with Crippen molar-refractivity contribution < 1.29 is 13.9 Å². The van der Waals surface area contributed by atoms with Gasteiger partial charge in [0.05, 0.1) is 0 Å². The summed E-state index contributed by atoms with van der Waals surface area (Å²) in [5, 5.41) is 0. The van der Waals surface area contributed by atoms with Gasteiger partial charge >= 0.3 is 5.97 Å². The van der Waals surface area contributed by atoms with Gasteiger partial charge in [-0.1, -0.05) is 38.5 Å². The van der Waals surface area contributed by atoms with E-state index in [1.54, 1.807) is 0 Å². The lowest BCUT2D eigenvalue weighted by molar-refractivity contribution is -0.131. The van der Waals surface area contributed by atoms with E-state index in [1.165, 1.54) is 6.08 Å². The molecule has 1 aromatic carbocycles. The van der Waals surface area contributed by atoms with E-state index in [0.29, 0.717) is 5.75 Å². The summed E-state index contributed by atoms with van der Waals surface area (Å²) in [4.78, 5) is 11.7. The molecular formula is C16H21FO2. The fraction of sp³-hybridized carbons (Fsp3) is 0.438. The Balaban J connectivity index is 2.99. The first-order valence-electron chi connectivity index (χ1n) is 6.28. The summed E-state index contributed by atoms with van der Waals surface area (Å²) in [5.41, 5.74) is 2.34. The van der Waals surface area contributed by atoms with Crippen molar-refractivity contribution in [2.75, 3.05) is 0 Å². The van der Waals surface area contributed by atoms with Gasteiger partial charge in [-0.2, -0.15) is 4.39 Å². The van der Waals surface area contributed by atoms with Crippen LogP contribution in [0, 0.1) is 26.2 Å². The van der Waals surface area contributed by atoms with Crippen LogP contribution in [0.1, 0.15) is 37.5 Å². The zero-order valence-corrected chi connectivity index (χ0v) is 12.4. The Bertz CT molecular complexity index is 499. The van der Waals surface area contributed by atoms with Crippen LogP contribution in [0.3, 0.4) is 0 Å². The molecular weight excluding hydrogens is 243 g/mol. The Morgan fingerprint density at radius 3 is 2.05 bits per heavy atom. The van der Waals surface area contributed by atoms with Crippen LogP contribution in [-0.4, -0.2) is 5.97 Å². The van der Waals surface area contributed by atoms with E-state index in [1.807, 2.05) is 53.7 Å². The first-order chi connectivity index (χ1) is 8.60. The fourth-order valence-corrected chi connectivity index (χ4v) is 1.91. The highest BCUT2D eigenvalue weighted by molar-refractivity contribution is 5.88. The van der Waals surface area contributed by atoms with Gasteiger partial charge in [-0.15, -0.1) is 0 Å². The summed E-state index contributed by atoms with van der Waals surface area (Å²) < 4.78 is 18.9. The summed E-state index contributed by atoms with van der Waals surface area (Å²) in [6.45, 7) is 11.1. The van der Waals surface area contributed by atoms with E-state index < -0.39 is 17.2 Å². The number of rotatable bonds is 2. The third-order valence-corrected chi connectivity index (χ3v) is 2.55. The smallest absolute Gasteiger partial charge is 0.372 e. The molecule has 0 aliphatic carbocycles. The molecule has 0 N–H and O–H groups in total. The third kappa shape index (κ3) is 4.51. The minimum Gasteiger partial charge on any atom is -0.421 e. The number of aryl methyl sites for hydroxylation is 3. The lowest BCUT2D eigenvalue weighted by atomic mass is 9.96. The van der Waals surface area contributed by atoms with Crippen molar-refractivity contribution in [3.8, 4) is 5.75 Å². The van der Waals surface area contributed by atoms with Gasteiger partial charge in [0.2, 0.25) is 5.83 Å². The molecule has 19 heavy (non-hydrogen) atoms. The Labute approximate surface area is 114 Å². The predicted octanol–water partition coefficient (Wildman–Crippen LogP) is 4.42. The molecule has 0 aliphatic heterocycles. The molecule has 0 amide bonds. The highest BCUT2D eigenvalue weighted by atomic mass is 19.1. The second kappa shape index (κ2) is 5.55. The summed E-state index contributed by atoms with van der Waals surface area (Å²) in [5.74, 6) is -1.36. The summed E-state index contributed by atoms with van der Waals surface area (Å²) in [6, 6.07) is 3.81. The first-order valence-corrected chi connectivity index (χ1v) is 6.28. The fourth-order valence-electron chi connectivity index (χ4n) is 1.91. The third-order valence-electron chi connectivity index (χ3n) is 2.55. The molecule has 0 fully saturated rings. The zero-order valence-electron chi connectivity index (χ0n) is 12.4. The molecule has 104 valence electrons. The quantitative estimate of drug-likeness (QED) is 0.449. The number of allylic oxidation sites excluding steroid dienone is 1. The SMILES string of the molecule is Cc1cc(C)c(OC(=O)/C(F)=C\C(C)(C)C)c(C)c1. The van der Waals surface area contributed by atoms with Gasteiger partial charge in [0, 0.05) is 0 Å². The average Bonchev–Trinajstić information content (AvgIpc) is 2.20. The first kappa shape index (κ1) is 15.4. The Kier molecular flexibility index (Phi) is 4.51. The van der Waals surface area contributed by atoms with E-state index in [-0.39, 0.29) is 0 Å². The minimum absolute atomic E-state index is 0.402. The van der Waals surface area contributed by atoms with Crippen LogP contribution < -0.4 is 4.74 Å². The van der Waals surface area contributed by atoms with Gasteiger partial charge in [0.1, 0.15) is 5.75 Å². The summed E-state index contributed by atoms with van der Waals surface area (Å²) >= 11 is 0. The lowest BCUT2D eigenvalue weighted by Crippen LogP contribution is -2.13. The molecule has 0 aliphatic rings. The van der Waals surface area contributed by atoms with Crippen LogP contribution in [0.15, 0.2) is 24.0 Å². The van der Waals surface area contributed by atoms with Gasteiger partial charge in [-0.25, -0.2) is 4.79 Å². The number of esters is 1. The number of ether oxygens (including phenoxy) is 1.